The van der Waals surface area contributed by atoms with Crippen LogP contribution in [0.4, 0.5) is 5.69 Å². The molecule has 186 valence electrons. The highest BCUT2D eigenvalue weighted by Gasteiger charge is 2.29. The summed E-state index contributed by atoms with van der Waals surface area (Å²) in [5.74, 6) is -0.00373. The van der Waals surface area contributed by atoms with E-state index in [9.17, 15) is 4.79 Å². The number of nitrogens with zero attached hydrogens (tertiary/aromatic N) is 1. The number of thiazole rings is 1. The summed E-state index contributed by atoms with van der Waals surface area (Å²) in [5, 5.41) is 17.0. The van der Waals surface area contributed by atoms with E-state index in [0.29, 0.717) is 25.1 Å². The number of fused-ring (bicyclic) bond motifs is 1. The number of aliphatic hydroxyl groups is 1. The Morgan fingerprint density at radius 3 is 2.83 bits per heavy atom. The lowest BCUT2D eigenvalue weighted by Gasteiger charge is -2.29. The third-order valence-corrected chi connectivity index (χ3v) is 7.81. The quantitative estimate of drug-likeness (QED) is 0.247. The van der Waals surface area contributed by atoms with E-state index in [1.165, 1.54) is 5.56 Å². The normalized spacial score (nSPS) is 17.6. The first kappa shape index (κ1) is 24.6. The van der Waals surface area contributed by atoms with Gasteiger partial charge in [-0.15, -0.1) is 11.3 Å². The molecular formula is C28H28N2O4S2. The molecule has 0 bridgehead atoms. The number of amides is 1. The van der Waals surface area contributed by atoms with Crippen LogP contribution >= 0.6 is 22.7 Å². The van der Waals surface area contributed by atoms with Crippen molar-refractivity contribution in [2.75, 3.05) is 18.5 Å². The summed E-state index contributed by atoms with van der Waals surface area (Å²) in [5.41, 5.74) is 5.05. The number of carbonyl (C=O) groups excluding carboxylic acids is 1. The van der Waals surface area contributed by atoms with E-state index in [-0.39, 0.29) is 24.2 Å². The molecule has 8 heteroatoms. The van der Waals surface area contributed by atoms with Gasteiger partial charge in [0.15, 0.2) is 5.76 Å². The summed E-state index contributed by atoms with van der Waals surface area (Å²) < 4.78 is 13.0. The highest BCUT2D eigenvalue weighted by atomic mass is 32.1. The average Bonchev–Trinajstić information content (AvgIpc) is 3.57. The third kappa shape index (κ3) is 5.84. The molecule has 6 nitrogen and oxygen atoms in total. The molecule has 2 N–H and O–H groups in total. The number of aliphatic hydroxyl groups excluding tert-OH is 1. The van der Waals surface area contributed by atoms with E-state index in [1.807, 2.05) is 41.8 Å². The van der Waals surface area contributed by atoms with Crippen molar-refractivity contribution in [3.8, 4) is 10.6 Å². The molecule has 0 radical (unpaired) electrons. The van der Waals surface area contributed by atoms with Gasteiger partial charge in [-0.1, -0.05) is 6.07 Å². The first-order valence-electron chi connectivity index (χ1n) is 12.0. The second-order valence-electron chi connectivity index (χ2n) is 8.80. The number of carbonyl (C=O) groups is 1. The van der Waals surface area contributed by atoms with Crippen LogP contribution in [0.5, 0.6) is 0 Å². The Hall–Kier alpha value is -3.04. The van der Waals surface area contributed by atoms with Crippen molar-refractivity contribution in [2.45, 2.75) is 38.4 Å². The summed E-state index contributed by atoms with van der Waals surface area (Å²) in [7, 11) is 0. The zero-order chi connectivity index (χ0) is 24.9. The van der Waals surface area contributed by atoms with Crippen molar-refractivity contribution in [1.82, 2.24) is 4.98 Å². The number of rotatable bonds is 9. The average molecular weight is 521 g/mol. The Morgan fingerprint density at radius 1 is 1.19 bits per heavy atom. The Bertz CT molecular complexity index is 1350. The van der Waals surface area contributed by atoms with E-state index in [1.54, 1.807) is 22.7 Å². The molecule has 2 aromatic heterocycles. The number of hydrogen-bond acceptors (Lipinski definition) is 7. The van der Waals surface area contributed by atoms with Gasteiger partial charge in [-0.2, -0.15) is 11.3 Å². The van der Waals surface area contributed by atoms with E-state index in [4.69, 9.17) is 19.6 Å². The molecule has 3 heterocycles. The van der Waals surface area contributed by atoms with Crippen LogP contribution < -0.4 is 5.32 Å². The number of ether oxygens (including phenoxy) is 2. The van der Waals surface area contributed by atoms with Crippen LogP contribution in [0, 0.1) is 6.92 Å². The minimum absolute atomic E-state index is 0.0404. The molecule has 0 saturated heterocycles. The monoisotopic (exact) mass is 520 g/mol. The van der Waals surface area contributed by atoms with Gasteiger partial charge in [0.2, 0.25) is 6.29 Å². The minimum atomic E-state index is -0.510. The number of thiophene rings is 1. The molecule has 0 spiro atoms. The maximum atomic E-state index is 13.1. The van der Waals surface area contributed by atoms with Crippen LogP contribution in [0.2, 0.25) is 0 Å². The summed E-state index contributed by atoms with van der Waals surface area (Å²) in [4.78, 5) is 17.8. The van der Waals surface area contributed by atoms with Gasteiger partial charge >= 0.3 is 0 Å². The fraction of sp³-hybridized carbons (Fsp3) is 0.286. The number of allylic oxidation sites excluding steroid dienone is 1. The Morgan fingerprint density at radius 2 is 2.06 bits per heavy atom. The fourth-order valence-corrected chi connectivity index (χ4v) is 5.90. The number of anilines is 1. The maximum absolute atomic E-state index is 13.1. The van der Waals surface area contributed by atoms with Crippen LogP contribution in [-0.4, -0.2) is 35.5 Å². The van der Waals surface area contributed by atoms with Gasteiger partial charge in [0.05, 0.1) is 16.8 Å². The van der Waals surface area contributed by atoms with Crippen molar-refractivity contribution >= 4 is 44.5 Å². The molecule has 5 rings (SSSR count). The largest absolute Gasteiger partial charge is 0.459 e. The topological polar surface area (TPSA) is 80.7 Å². The lowest BCUT2D eigenvalue weighted by atomic mass is 9.95. The van der Waals surface area contributed by atoms with Gasteiger partial charge in [0.25, 0.3) is 5.91 Å². The van der Waals surface area contributed by atoms with E-state index >= 15 is 0 Å². The minimum Gasteiger partial charge on any atom is -0.459 e. The van der Waals surface area contributed by atoms with E-state index in [0.717, 1.165) is 32.8 Å². The van der Waals surface area contributed by atoms with Gasteiger partial charge in [-0.05, 0) is 90.2 Å². The molecule has 4 aromatic rings. The molecule has 0 aliphatic carbocycles. The molecule has 1 amide bonds. The van der Waals surface area contributed by atoms with Gasteiger partial charge in [0, 0.05) is 30.2 Å². The summed E-state index contributed by atoms with van der Waals surface area (Å²) in [6.45, 7) is 2.69. The summed E-state index contributed by atoms with van der Waals surface area (Å²) in [6.07, 6.45) is 3.43. The maximum Gasteiger partial charge on any atom is 0.290 e. The highest BCUT2D eigenvalue weighted by molar-refractivity contribution is 7.21. The van der Waals surface area contributed by atoms with E-state index < -0.39 is 6.29 Å². The van der Waals surface area contributed by atoms with Crippen LogP contribution in [0.15, 0.2) is 71.1 Å². The molecule has 2 aromatic carbocycles. The van der Waals surface area contributed by atoms with Gasteiger partial charge in [0.1, 0.15) is 5.01 Å². The molecule has 0 fully saturated rings. The Kier molecular flexibility index (Phi) is 7.77. The summed E-state index contributed by atoms with van der Waals surface area (Å²) >= 11 is 3.29. The number of hydrogen-bond donors (Lipinski definition) is 2. The van der Waals surface area contributed by atoms with Gasteiger partial charge in [-0.25, -0.2) is 4.98 Å². The molecular weight excluding hydrogens is 492 g/mol. The predicted molar refractivity (Wildman–Crippen MR) is 145 cm³/mol. The SMILES string of the molecule is Cc1ccc2nc(-c3ccc(NC(=O)C4=C[C@@H](c5ccsc5)C[C@@H](OCCCCO)O4)cc3)sc2c1. The first-order chi connectivity index (χ1) is 17.6. The number of aromatic nitrogens is 1. The zero-order valence-electron chi connectivity index (χ0n) is 20.0. The van der Waals surface area contributed by atoms with Crippen molar-refractivity contribution in [3.63, 3.8) is 0 Å². The second kappa shape index (κ2) is 11.3. The molecule has 36 heavy (non-hydrogen) atoms. The number of unbranched alkanes of at least 4 members (excludes halogenated alkanes) is 1. The number of benzene rings is 2. The van der Waals surface area contributed by atoms with Crippen LogP contribution in [0.3, 0.4) is 0 Å². The molecule has 2 atom stereocenters. The lowest BCUT2D eigenvalue weighted by molar-refractivity contribution is -0.143. The number of aryl methyl sites for hydroxylation is 1. The van der Waals surface area contributed by atoms with Crippen LogP contribution in [-0.2, 0) is 14.3 Å². The first-order valence-corrected chi connectivity index (χ1v) is 13.8. The Balaban J connectivity index is 1.28. The Labute approximate surface area is 218 Å². The second-order valence-corrected chi connectivity index (χ2v) is 10.6. The van der Waals surface area contributed by atoms with Crippen LogP contribution in [0.1, 0.15) is 36.3 Å². The van der Waals surface area contributed by atoms with Crippen molar-refractivity contribution in [3.05, 3.63) is 82.3 Å². The highest BCUT2D eigenvalue weighted by Crippen LogP contribution is 2.34. The van der Waals surface area contributed by atoms with Crippen LogP contribution in [0.25, 0.3) is 20.8 Å². The molecule has 0 saturated carbocycles. The van der Waals surface area contributed by atoms with Gasteiger partial charge < -0.3 is 19.9 Å². The van der Waals surface area contributed by atoms with Gasteiger partial charge in [-0.3, -0.25) is 4.79 Å². The van der Waals surface area contributed by atoms with Crippen molar-refractivity contribution in [1.29, 1.82) is 0 Å². The third-order valence-electron chi connectivity index (χ3n) is 6.04. The standard InChI is InChI=1S/C28H28N2O4S2/c1-18-4-9-23-25(14-18)36-28(30-23)19-5-7-22(8-6-19)29-27(32)24-15-21(20-10-13-35-17-20)16-26(34-24)33-12-3-2-11-31/h4-10,13-15,17,21,26,31H,2-3,11-12,16H2,1H3,(H,29,32)/t21-,26+/m1/s1. The van der Waals surface area contributed by atoms with Crippen molar-refractivity contribution < 1.29 is 19.4 Å². The smallest absolute Gasteiger partial charge is 0.290 e. The molecule has 1 aliphatic rings. The predicted octanol–water partition coefficient (Wildman–Crippen LogP) is 6.47. The number of nitrogens with one attached hydrogen (secondary N) is 1. The zero-order valence-corrected chi connectivity index (χ0v) is 21.6. The summed E-state index contributed by atoms with van der Waals surface area (Å²) in [6, 6.07) is 16.0. The lowest BCUT2D eigenvalue weighted by Crippen LogP contribution is -2.29. The fourth-order valence-electron chi connectivity index (χ4n) is 4.11. The van der Waals surface area contributed by atoms with E-state index in [2.05, 4.69) is 35.8 Å². The van der Waals surface area contributed by atoms with Crippen molar-refractivity contribution in [2.24, 2.45) is 0 Å². The molecule has 1 aliphatic heterocycles. The molecule has 0 unspecified atom stereocenters.